The zero-order valence-corrected chi connectivity index (χ0v) is 13.9. The quantitative estimate of drug-likeness (QED) is 0.818. The van der Waals surface area contributed by atoms with E-state index in [2.05, 4.69) is 5.32 Å². The van der Waals surface area contributed by atoms with Gasteiger partial charge in [-0.1, -0.05) is 60.7 Å². The molecule has 1 fully saturated rings. The van der Waals surface area contributed by atoms with Crippen LogP contribution in [0.3, 0.4) is 0 Å². The van der Waals surface area contributed by atoms with Gasteiger partial charge in [0.2, 0.25) is 0 Å². The lowest BCUT2D eigenvalue weighted by Crippen LogP contribution is -2.31. The Labute approximate surface area is 147 Å². The van der Waals surface area contributed by atoms with E-state index in [-0.39, 0.29) is 25.2 Å². The fraction of sp³-hybridized carbons (Fsp3) is 0.300. The smallest absolute Gasteiger partial charge is 0.311 e. The Hall–Kier alpha value is -2.66. The molecule has 0 unspecified atom stereocenters. The van der Waals surface area contributed by atoms with E-state index in [1.165, 1.54) is 0 Å². The third-order valence-corrected chi connectivity index (χ3v) is 4.27. The summed E-state index contributed by atoms with van der Waals surface area (Å²) in [5.74, 6) is -1.75. The molecule has 5 heteroatoms. The van der Waals surface area contributed by atoms with Crippen molar-refractivity contribution in [1.82, 2.24) is 5.32 Å². The Morgan fingerprint density at radius 3 is 1.56 bits per heavy atom. The van der Waals surface area contributed by atoms with E-state index < -0.39 is 11.8 Å². The standard InChI is InChI=1S/C20H21NO4/c22-19(24-13-15-7-3-1-4-8-15)17-11-21-12-18(17)20(23)25-14-16-9-5-2-6-10-16/h1-10,17-18,21H,11-14H2/t17-,18-/m0/s1. The highest BCUT2D eigenvalue weighted by atomic mass is 16.5. The lowest BCUT2D eigenvalue weighted by Gasteiger charge is -2.16. The van der Waals surface area contributed by atoms with Gasteiger partial charge in [0.1, 0.15) is 13.2 Å². The molecule has 0 amide bonds. The first-order valence-electron chi connectivity index (χ1n) is 8.36. The zero-order chi connectivity index (χ0) is 17.5. The Kier molecular flexibility index (Phi) is 5.80. The second-order valence-corrected chi connectivity index (χ2v) is 6.06. The minimum atomic E-state index is -0.507. The normalized spacial score (nSPS) is 19.4. The minimum absolute atomic E-state index is 0.210. The van der Waals surface area contributed by atoms with Crippen LogP contribution in [-0.4, -0.2) is 25.0 Å². The SMILES string of the molecule is O=C(OCc1ccccc1)[C@H]1CNC[C@@H]1C(=O)OCc1ccccc1. The van der Waals surface area contributed by atoms with Gasteiger partial charge in [-0.15, -0.1) is 0 Å². The molecule has 1 N–H and O–H groups in total. The van der Waals surface area contributed by atoms with Crippen LogP contribution in [0.2, 0.25) is 0 Å². The van der Waals surface area contributed by atoms with Gasteiger partial charge < -0.3 is 14.8 Å². The molecule has 25 heavy (non-hydrogen) atoms. The molecule has 130 valence electrons. The van der Waals surface area contributed by atoms with Crippen LogP contribution in [0.25, 0.3) is 0 Å². The molecule has 0 bridgehead atoms. The molecule has 1 saturated heterocycles. The Morgan fingerprint density at radius 2 is 1.16 bits per heavy atom. The molecule has 3 rings (SSSR count). The number of esters is 2. The average molecular weight is 339 g/mol. The monoisotopic (exact) mass is 339 g/mol. The van der Waals surface area contributed by atoms with Gasteiger partial charge in [0.25, 0.3) is 0 Å². The molecular formula is C20H21NO4. The average Bonchev–Trinajstić information content (AvgIpc) is 3.16. The highest BCUT2D eigenvalue weighted by Crippen LogP contribution is 2.21. The summed E-state index contributed by atoms with van der Waals surface area (Å²) in [4.78, 5) is 24.7. The summed E-state index contributed by atoms with van der Waals surface area (Å²) in [6, 6.07) is 19.0. The lowest BCUT2D eigenvalue weighted by molar-refractivity contribution is -0.160. The van der Waals surface area contributed by atoms with Crippen molar-refractivity contribution < 1.29 is 19.1 Å². The van der Waals surface area contributed by atoms with Gasteiger partial charge in [-0.3, -0.25) is 9.59 Å². The number of nitrogens with one attached hydrogen (secondary N) is 1. The van der Waals surface area contributed by atoms with E-state index >= 15 is 0 Å². The van der Waals surface area contributed by atoms with Crippen molar-refractivity contribution in [2.75, 3.05) is 13.1 Å². The summed E-state index contributed by atoms with van der Waals surface area (Å²) < 4.78 is 10.7. The number of carbonyl (C=O) groups is 2. The maximum absolute atomic E-state index is 12.3. The van der Waals surface area contributed by atoms with Crippen LogP contribution in [0.1, 0.15) is 11.1 Å². The molecule has 2 atom stereocenters. The van der Waals surface area contributed by atoms with Crippen molar-refractivity contribution >= 4 is 11.9 Å². The molecule has 0 aromatic heterocycles. The number of benzene rings is 2. The van der Waals surface area contributed by atoms with E-state index in [1.807, 2.05) is 60.7 Å². The molecule has 5 nitrogen and oxygen atoms in total. The summed E-state index contributed by atoms with van der Waals surface area (Å²) in [7, 11) is 0. The van der Waals surface area contributed by atoms with Crippen molar-refractivity contribution in [3.05, 3.63) is 71.8 Å². The predicted molar refractivity (Wildman–Crippen MR) is 92.3 cm³/mol. The molecule has 0 radical (unpaired) electrons. The molecule has 2 aromatic carbocycles. The Bertz CT molecular complexity index is 641. The first kappa shape index (κ1) is 17.2. The maximum Gasteiger partial charge on any atom is 0.311 e. The molecule has 1 aliphatic rings. The summed E-state index contributed by atoms with van der Waals surface area (Å²) in [5, 5.41) is 3.08. The van der Waals surface area contributed by atoms with Gasteiger partial charge in [0.15, 0.2) is 0 Å². The summed E-state index contributed by atoms with van der Waals surface area (Å²) in [5.41, 5.74) is 1.84. The van der Waals surface area contributed by atoms with Gasteiger partial charge in [0.05, 0.1) is 11.8 Å². The molecule has 1 aliphatic heterocycles. The topological polar surface area (TPSA) is 64.6 Å². The molecule has 2 aromatic rings. The van der Waals surface area contributed by atoms with E-state index in [9.17, 15) is 9.59 Å². The molecule has 0 spiro atoms. The van der Waals surface area contributed by atoms with Crippen LogP contribution in [-0.2, 0) is 32.3 Å². The molecular weight excluding hydrogens is 318 g/mol. The highest BCUT2D eigenvalue weighted by molar-refractivity contribution is 5.83. The van der Waals surface area contributed by atoms with Gasteiger partial charge in [-0.25, -0.2) is 0 Å². The maximum atomic E-state index is 12.3. The molecule has 0 aliphatic carbocycles. The third-order valence-electron chi connectivity index (χ3n) is 4.27. The summed E-state index contributed by atoms with van der Waals surface area (Å²) in [6.07, 6.45) is 0. The van der Waals surface area contributed by atoms with Crippen LogP contribution >= 0.6 is 0 Å². The zero-order valence-electron chi connectivity index (χ0n) is 13.9. The Morgan fingerprint density at radius 1 is 0.760 bits per heavy atom. The summed E-state index contributed by atoms with van der Waals surface area (Å²) >= 11 is 0. The first-order valence-corrected chi connectivity index (χ1v) is 8.36. The van der Waals surface area contributed by atoms with Crippen molar-refractivity contribution in [1.29, 1.82) is 0 Å². The van der Waals surface area contributed by atoms with Crippen LogP contribution in [0.4, 0.5) is 0 Å². The van der Waals surface area contributed by atoms with Crippen molar-refractivity contribution in [3.8, 4) is 0 Å². The van der Waals surface area contributed by atoms with Crippen molar-refractivity contribution in [3.63, 3.8) is 0 Å². The van der Waals surface area contributed by atoms with Gasteiger partial charge >= 0.3 is 11.9 Å². The number of carbonyl (C=O) groups excluding carboxylic acids is 2. The number of hydrogen-bond acceptors (Lipinski definition) is 5. The van der Waals surface area contributed by atoms with E-state index in [1.54, 1.807) is 0 Å². The highest BCUT2D eigenvalue weighted by Gasteiger charge is 2.39. The number of rotatable bonds is 6. The molecule has 1 heterocycles. The minimum Gasteiger partial charge on any atom is -0.461 e. The van der Waals surface area contributed by atoms with Gasteiger partial charge in [0, 0.05) is 13.1 Å². The van der Waals surface area contributed by atoms with Gasteiger partial charge in [-0.05, 0) is 11.1 Å². The number of ether oxygens (including phenoxy) is 2. The van der Waals surface area contributed by atoms with E-state index in [0.29, 0.717) is 13.1 Å². The lowest BCUT2D eigenvalue weighted by atomic mass is 9.96. The fourth-order valence-electron chi connectivity index (χ4n) is 2.85. The van der Waals surface area contributed by atoms with Crippen molar-refractivity contribution in [2.24, 2.45) is 11.8 Å². The van der Waals surface area contributed by atoms with Crippen LogP contribution in [0.5, 0.6) is 0 Å². The third kappa shape index (κ3) is 4.67. The van der Waals surface area contributed by atoms with Crippen molar-refractivity contribution in [2.45, 2.75) is 13.2 Å². The van der Waals surface area contributed by atoms with E-state index in [0.717, 1.165) is 11.1 Å². The number of hydrogen-bond donors (Lipinski definition) is 1. The predicted octanol–water partition coefficient (Wildman–Crippen LogP) is 2.31. The largest absolute Gasteiger partial charge is 0.461 e. The summed E-state index contributed by atoms with van der Waals surface area (Å²) in [6.45, 7) is 1.28. The second-order valence-electron chi connectivity index (χ2n) is 6.06. The van der Waals surface area contributed by atoms with Gasteiger partial charge in [-0.2, -0.15) is 0 Å². The molecule has 0 saturated carbocycles. The van der Waals surface area contributed by atoms with E-state index in [4.69, 9.17) is 9.47 Å². The fourth-order valence-corrected chi connectivity index (χ4v) is 2.85. The van der Waals surface area contributed by atoms with Crippen LogP contribution in [0.15, 0.2) is 60.7 Å². The first-order chi connectivity index (χ1) is 12.2. The Balaban J connectivity index is 1.52. The van der Waals surface area contributed by atoms with Crippen LogP contribution in [0, 0.1) is 11.8 Å². The van der Waals surface area contributed by atoms with Crippen LogP contribution < -0.4 is 5.32 Å². The second kappa shape index (κ2) is 8.44.